The Morgan fingerprint density at radius 1 is 1.00 bits per heavy atom. The van der Waals surface area contributed by atoms with Gasteiger partial charge in [-0.3, -0.25) is 14.2 Å². The van der Waals surface area contributed by atoms with Crippen LogP contribution in [0.25, 0.3) is 10.9 Å². The van der Waals surface area contributed by atoms with Gasteiger partial charge in [0.1, 0.15) is 6.54 Å². The molecule has 33 heavy (non-hydrogen) atoms. The van der Waals surface area contributed by atoms with Crippen molar-refractivity contribution in [1.82, 2.24) is 19.7 Å². The predicted octanol–water partition coefficient (Wildman–Crippen LogP) is 3.17. The van der Waals surface area contributed by atoms with Gasteiger partial charge in [-0.2, -0.15) is 5.10 Å². The van der Waals surface area contributed by atoms with E-state index in [-0.39, 0.29) is 18.0 Å². The zero-order chi connectivity index (χ0) is 22.6. The van der Waals surface area contributed by atoms with Crippen molar-refractivity contribution in [3.05, 3.63) is 77.5 Å². The zero-order valence-corrected chi connectivity index (χ0v) is 17.9. The Morgan fingerprint density at radius 2 is 1.76 bits per heavy atom. The van der Waals surface area contributed by atoms with Crippen molar-refractivity contribution in [2.45, 2.75) is 19.4 Å². The van der Waals surface area contributed by atoms with E-state index in [0.29, 0.717) is 22.4 Å². The summed E-state index contributed by atoms with van der Waals surface area (Å²) < 4.78 is 1.31. The van der Waals surface area contributed by atoms with Crippen LogP contribution in [0.2, 0.25) is 0 Å². The van der Waals surface area contributed by atoms with Gasteiger partial charge >= 0.3 is 0 Å². The Kier molecular flexibility index (Phi) is 5.67. The van der Waals surface area contributed by atoms with Crippen molar-refractivity contribution in [3.63, 3.8) is 0 Å². The summed E-state index contributed by atoms with van der Waals surface area (Å²) in [6.07, 6.45) is 5.58. The molecule has 2 aromatic heterocycles. The van der Waals surface area contributed by atoms with E-state index >= 15 is 0 Å². The maximum Gasteiger partial charge on any atom is 0.261 e. The maximum absolute atomic E-state index is 12.6. The summed E-state index contributed by atoms with van der Waals surface area (Å²) in [5.74, 6) is 0.360. The quantitative estimate of drug-likeness (QED) is 0.473. The van der Waals surface area contributed by atoms with Gasteiger partial charge in [0, 0.05) is 30.5 Å². The second-order valence-electron chi connectivity index (χ2n) is 7.94. The fourth-order valence-corrected chi connectivity index (χ4v) is 3.92. The van der Waals surface area contributed by atoms with E-state index in [1.807, 2.05) is 24.3 Å². The number of aromatic nitrogens is 4. The van der Waals surface area contributed by atoms with Crippen molar-refractivity contribution in [3.8, 4) is 0 Å². The predicted molar refractivity (Wildman–Crippen MR) is 128 cm³/mol. The van der Waals surface area contributed by atoms with Crippen molar-refractivity contribution < 1.29 is 4.79 Å². The Balaban J connectivity index is 1.22. The Hall–Kier alpha value is -4.27. The van der Waals surface area contributed by atoms with Crippen LogP contribution in [0.4, 0.5) is 22.9 Å². The zero-order valence-electron chi connectivity index (χ0n) is 17.9. The molecule has 5 rings (SSSR count). The van der Waals surface area contributed by atoms with E-state index in [2.05, 4.69) is 30.7 Å². The lowest BCUT2D eigenvalue weighted by Gasteiger charge is -2.17. The number of benzene rings is 2. The van der Waals surface area contributed by atoms with Gasteiger partial charge in [0.25, 0.3) is 5.56 Å². The third kappa shape index (κ3) is 4.67. The van der Waals surface area contributed by atoms with E-state index in [0.717, 1.165) is 24.5 Å². The third-order valence-electron chi connectivity index (χ3n) is 5.60. The molecule has 2 aromatic carbocycles. The highest BCUT2D eigenvalue weighted by molar-refractivity contribution is 5.91. The fourth-order valence-electron chi connectivity index (χ4n) is 3.92. The molecule has 1 fully saturated rings. The Labute approximate surface area is 190 Å². The molecule has 2 N–H and O–H groups in total. The molecule has 0 aliphatic carbocycles. The molecule has 1 amide bonds. The molecule has 9 nitrogen and oxygen atoms in total. The van der Waals surface area contributed by atoms with Gasteiger partial charge in [-0.1, -0.05) is 12.1 Å². The van der Waals surface area contributed by atoms with E-state index in [9.17, 15) is 9.59 Å². The number of para-hydroxylation sites is 1. The highest BCUT2D eigenvalue weighted by Gasteiger charge is 2.13. The van der Waals surface area contributed by atoms with E-state index < -0.39 is 0 Å². The molecular formula is C24H23N7O2. The molecule has 0 radical (unpaired) electrons. The monoisotopic (exact) mass is 441 g/mol. The minimum atomic E-state index is -0.306. The van der Waals surface area contributed by atoms with Crippen LogP contribution >= 0.6 is 0 Å². The lowest BCUT2D eigenvalue weighted by molar-refractivity contribution is -0.116. The Morgan fingerprint density at radius 3 is 2.58 bits per heavy atom. The maximum atomic E-state index is 12.6. The molecule has 166 valence electrons. The smallest absolute Gasteiger partial charge is 0.261 e. The Bertz CT molecular complexity index is 1350. The number of hydrogen-bond donors (Lipinski definition) is 2. The number of rotatable bonds is 6. The van der Waals surface area contributed by atoms with Crippen molar-refractivity contribution in [2.24, 2.45) is 0 Å². The fraction of sp³-hybridized carbons (Fsp3) is 0.208. The van der Waals surface area contributed by atoms with Gasteiger partial charge in [0.05, 0.1) is 29.1 Å². The van der Waals surface area contributed by atoms with Crippen molar-refractivity contribution in [1.29, 1.82) is 0 Å². The summed E-state index contributed by atoms with van der Waals surface area (Å²) >= 11 is 0. The van der Waals surface area contributed by atoms with Crippen LogP contribution in [0.15, 0.2) is 71.9 Å². The largest absolute Gasteiger partial charge is 0.370 e. The minimum absolute atomic E-state index is 0.116. The van der Waals surface area contributed by atoms with Gasteiger partial charge < -0.3 is 15.5 Å². The molecule has 0 unspecified atom stereocenters. The first-order chi connectivity index (χ1) is 16.2. The molecule has 1 aliphatic heterocycles. The van der Waals surface area contributed by atoms with Crippen LogP contribution in [0.5, 0.6) is 0 Å². The highest BCUT2D eigenvalue weighted by atomic mass is 16.2. The summed E-state index contributed by atoms with van der Waals surface area (Å²) in [5, 5.41) is 14.8. The molecule has 0 saturated carbocycles. The van der Waals surface area contributed by atoms with Gasteiger partial charge in [-0.05, 0) is 49.2 Å². The van der Waals surface area contributed by atoms with Crippen LogP contribution in [-0.2, 0) is 11.3 Å². The summed E-state index contributed by atoms with van der Waals surface area (Å²) in [4.78, 5) is 31.6. The number of nitrogens with one attached hydrogen (secondary N) is 2. The number of carbonyl (C=O) groups is 1. The van der Waals surface area contributed by atoms with E-state index in [1.54, 1.807) is 36.5 Å². The van der Waals surface area contributed by atoms with Crippen molar-refractivity contribution >= 4 is 39.7 Å². The van der Waals surface area contributed by atoms with Crippen LogP contribution in [0, 0.1) is 0 Å². The molecule has 0 spiro atoms. The first-order valence-electron chi connectivity index (χ1n) is 10.8. The van der Waals surface area contributed by atoms with E-state index in [1.165, 1.54) is 23.7 Å². The van der Waals surface area contributed by atoms with Gasteiger partial charge in [-0.25, -0.2) is 4.98 Å². The number of amides is 1. The van der Waals surface area contributed by atoms with Crippen molar-refractivity contribution in [2.75, 3.05) is 28.6 Å². The molecule has 9 heteroatoms. The summed E-state index contributed by atoms with van der Waals surface area (Å²) in [6.45, 7) is 1.97. The number of nitrogens with zero attached hydrogens (tertiary/aromatic N) is 5. The topological polar surface area (TPSA) is 105 Å². The van der Waals surface area contributed by atoms with Crippen LogP contribution in [0.1, 0.15) is 12.8 Å². The highest BCUT2D eigenvalue weighted by Crippen LogP contribution is 2.23. The lowest BCUT2D eigenvalue weighted by Crippen LogP contribution is -2.27. The average molecular weight is 441 g/mol. The second kappa shape index (κ2) is 9.07. The average Bonchev–Trinajstić information content (AvgIpc) is 3.38. The SMILES string of the molecule is O=C(Cn1cnc2ccccc2c1=O)Nc1ccc(Nc2cc(N3CCCC3)cnn2)cc1. The molecular weight excluding hydrogens is 418 g/mol. The normalized spacial score (nSPS) is 13.3. The third-order valence-corrected chi connectivity index (χ3v) is 5.60. The van der Waals surface area contributed by atoms with Crippen LogP contribution in [0.3, 0.4) is 0 Å². The summed E-state index contributed by atoms with van der Waals surface area (Å²) in [6, 6.07) is 16.3. The number of carbonyl (C=O) groups excluding carboxylic acids is 1. The second-order valence-corrected chi connectivity index (χ2v) is 7.94. The summed E-state index contributed by atoms with van der Waals surface area (Å²) in [7, 11) is 0. The number of fused-ring (bicyclic) bond motifs is 1. The lowest BCUT2D eigenvalue weighted by atomic mass is 10.2. The number of hydrogen-bond acceptors (Lipinski definition) is 7. The van der Waals surface area contributed by atoms with E-state index in [4.69, 9.17) is 0 Å². The summed E-state index contributed by atoms with van der Waals surface area (Å²) in [5.41, 5.74) is 2.89. The molecule has 1 aliphatic rings. The van der Waals surface area contributed by atoms with Crippen LogP contribution < -0.4 is 21.1 Å². The minimum Gasteiger partial charge on any atom is -0.370 e. The molecule has 0 atom stereocenters. The van der Waals surface area contributed by atoms with Gasteiger partial charge in [0.15, 0.2) is 5.82 Å². The molecule has 4 aromatic rings. The molecule has 0 bridgehead atoms. The standard InChI is InChI=1S/C24H23N7O2/c32-23(15-31-16-25-21-6-2-1-5-20(21)24(31)33)28-18-9-7-17(8-10-18)27-22-13-19(14-26-29-22)30-11-3-4-12-30/h1-2,5-10,13-14,16H,3-4,11-12,15H2,(H,27,29)(H,28,32). The van der Waals surface area contributed by atoms with Crippen LogP contribution in [-0.4, -0.2) is 38.7 Å². The molecule has 1 saturated heterocycles. The number of anilines is 4. The first kappa shape index (κ1) is 20.6. The van der Waals surface area contributed by atoms with Gasteiger partial charge in [-0.15, -0.1) is 5.10 Å². The first-order valence-corrected chi connectivity index (χ1v) is 10.8. The molecule has 3 heterocycles. The van der Waals surface area contributed by atoms with Gasteiger partial charge in [0.2, 0.25) is 5.91 Å².